The molecule has 1 unspecified atom stereocenters. The number of nitrogens with one attached hydrogen (secondary N) is 1. The summed E-state index contributed by atoms with van der Waals surface area (Å²) >= 11 is 0. The largest absolute Gasteiger partial charge is 0.497 e. The van der Waals surface area contributed by atoms with Gasteiger partial charge in [-0.1, -0.05) is 37.3 Å². The Balaban J connectivity index is 1.89. The Bertz CT molecular complexity index is 448. The average molecular weight is 257 g/mol. The number of likely N-dealkylation sites (N-methyl/N-ethyl adjacent to an activating group) is 1. The van der Waals surface area contributed by atoms with Crippen LogP contribution in [0.1, 0.15) is 38.2 Å². The lowest BCUT2D eigenvalue weighted by Gasteiger charge is -2.32. The van der Waals surface area contributed by atoms with Gasteiger partial charge in [-0.05, 0) is 43.9 Å². The maximum atomic E-state index is 5.94. The van der Waals surface area contributed by atoms with E-state index in [-0.39, 0.29) is 5.41 Å². The van der Waals surface area contributed by atoms with Crippen LogP contribution in [0.25, 0.3) is 0 Å². The van der Waals surface area contributed by atoms with Gasteiger partial charge in [0, 0.05) is 5.41 Å². The van der Waals surface area contributed by atoms with E-state index in [9.17, 15) is 0 Å². The van der Waals surface area contributed by atoms with Crippen molar-refractivity contribution in [2.75, 3.05) is 13.2 Å². The monoisotopic (exact) mass is 257 g/mol. The van der Waals surface area contributed by atoms with Crippen LogP contribution in [0.15, 0.2) is 42.2 Å². The van der Waals surface area contributed by atoms with Gasteiger partial charge in [0.05, 0.1) is 12.6 Å². The molecule has 102 valence electrons. The Kier molecular flexibility index (Phi) is 3.61. The molecule has 3 rings (SSSR count). The number of allylic oxidation sites excluding steroid dienone is 1. The predicted octanol–water partition coefficient (Wildman–Crippen LogP) is 3.39. The molecule has 0 aromatic heterocycles. The first kappa shape index (κ1) is 12.7. The van der Waals surface area contributed by atoms with Crippen LogP contribution in [0, 0.1) is 0 Å². The van der Waals surface area contributed by atoms with Crippen molar-refractivity contribution in [3.8, 4) is 0 Å². The van der Waals surface area contributed by atoms with E-state index in [0.717, 1.165) is 26.0 Å². The summed E-state index contributed by atoms with van der Waals surface area (Å²) in [7, 11) is 0. The van der Waals surface area contributed by atoms with E-state index in [1.165, 1.54) is 24.2 Å². The van der Waals surface area contributed by atoms with E-state index in [0.29, 0.717) is 6.04 Å². The fraction of sp³-hybridized carbons (Fsp3) is 0.529. The van der Waals surface area contributed by atoms with Crippen molar-refractivity contribution in [1.29, 1.82) is 0 Å². The molecule has 0 bridgehead atoms. The molecule has 1 saturated carbocycles. The Hall–Kier alpha value is -1.28. The van der Waals surface area contributed by atoms with Crippen LogP contribution >= 0.6 is 0 Å². The fourth-order valence-electron chi connectivity index (χ4n) is 3.20. The van der Waals surface area contributed by atoms with Crippen LogP contribution in [0.2, 0.25) is 0 Å². The van der Waals surface area contributed by atoms with Gasteiger partial charge in [-0.25, -0.2) is 0 Å². The van der Waals surface area contributed by atoms with E-state index in [1.54, 1.807) is 0 Å². The Morgan fingerprint density at radius 2 is 2.05 bits per heavy atom. The smallest absolute Gasteiger partial charge is 0.110 e. The molecular weight excluding hydrogens is 234 g/mol. The number of hydrogen-bond donors (Lipinski definition) is 1. The Morgan fingerprint density at radius 3 is 2.63 bits per heavy atom. The molecule has 1 aliphatic heterocycles. The van der Waals surface area contributed by atoms with Gasteiger partial charge in [0.15, 0.2) is 0 Å². The third-order valence-electron chi connectivity index (χ3n) is 4.35. The molecule has 0 spiro atoms. The van der Waals surface area contributed by atoms with Crippen LogP contribution in [-0.2, 0) is 10.2 Å². The molecule has 1 fully saturated rings. The van der Waals surface area contributed by atoms with E-state index in [1.807, 2.05) is 0 Å². The number of ether oxygens (including phenoxy) is 1. The minimum absolute atomic E-state index is 0.264. The van der Waals surface area contributed by atoms with E-state index in [4.69, 9.17) is 4.74 Å². The zero-order chi connectivity index (χ0) is 13.1. The lowest BCUT2D eigenvalue weighted by Crippen LogP contribution is -2.42. The van der Waals surface area contributed by atoms with Gasteiger partial charge >= 0.3 is 0 Å². The molecule has 0 radical (unpaired) electrons. The van der Waals surface area contributed by atoms with Gasteiger partial charge in [-0.2, -0.15) is 0 Å². The molecule has 1 N–H and O–H groups in total. The molecule has 0 saturated heterocycles. The van der Waals surface area contributed by atoms with Crippen LogP contribution in [-0.4, -0.2) is 19.2 Å². The Labute approximate surface area is 115 Å². The first-order valence-electron chi connectivity index (χ1n) is 7.48. The summed E-state index contributed by atoms with van der Waals surface area (Å²) in [5, 5.41) is 3.66. The summed E-state index contributed by atoms with van der Waals surface area (Å²) in [6.45, 7) is 4.04. The highest BCUT2D eigenvalue weighted by Gasteiger charge is 2.52. The van der Waals surface area contributed by atoms with Crippen molar-refractivity contribution >= 4 is 0 Å². The molecule has 1 aromatic rings. The zero-order valence-corrected chi connectivity index (χ0v) is 11.7. The van der Waals surface area contributed by atoms with Gasteiger partial charge in [0.2, 0.25) is 0 Å². The average Bonchev–Trinajstić information content (AvgIpc) is 3.28. The molecule has 0 amide bonds. The minimum atomic E-state index is 0.264. The van der Waals surface area contributed by atoms with Crippen LogP contribution in [0.5, 0.6) is 0 Å². The maximum absolute atomic E-state index is 5.94. The second-order valence-corrected chi connectivity index (χ2v) is 5.61. The van der Waals surface area contributed by atoms with Crippen molar-refractivity contribution < 1.29 is 4.74 Å². The van der Waals surface area contributed by atoms with E-state index in [2.05, 4.69) is 48.6 Å². The molecule has 2 nitrogen and oxygen atoms in total. The van der Waals surface area contributed by atoms with Crippen molar-refractivity contribution in [2.45, 2.75) is 44.1 Å². The summed E-state index contributed by atoms with van der Waals surface area (Å²) in [6, 6.07) is 11.3. The van der Waals surface area contributed by atoms with Crippen LogP contribution in [0.4, 0.5) is 0 Å². The summed E-state index contributed by atoms with van der Waals surface area (Å²) in [5.74, 6) is 1.18. The number of hydrogen-bond acceptors (Lipinski definition) is 2. The molecule has 1 aromatic carbocycles. The zero-order valence-electron chi connectivity index (χ0n) is 11.7. The second-order valence-electron chi connectivity index (χ2n) is 5.61. The summed E-state index contributed by atoms with van der Waals surface area (Å²) < 4.78 is 5.94. The highest BCUT2D eigenvalue weighted by atomic mass is 16.5. The molecular formula is C17H23NO. The molecule has 1 heterocycles. The summed E-state index contributed by atoms with van der Waals surface area (Å²) in [5.41, 5.74) is 1.72. The Morgan fingerprint density at radius 1 is 1.26 bits per heavy atom. The topological polar surface area (TPSA) is 21.3 Å². The van der Waals surface area contributed by atoms with Crippen molar-refractivity contribution in [3.05, 3.63) is 47.7 Å². The van der Waals surface area contributed by atoms with Gasteiger partial charge in [0.1, 0.15) is 5.76 Å². The second kappa shape index (κ2) is 5.38. The number of benzene rings is 1. The highest BCUT2D eigenvalue weighted by molar-refractivity contribution is 5.37. The quantitative estimate of drug-likeness (QED) is 0.873. The molecule has 2 heteroatoms. The fourth-order valence-corrected chi connectivity index (χ4v) is 3.20. The third kappa shape index (κ3) is 2.42. The molecule has 1 atom stereocenters. The highest BCUT2D eigenvalue weighted by Crippen LogP contribution is 2.53. The van der Waals surface area contributed by atoms with Gasteiger partial charge in [0.25, 0.3) is 0 Å². The van der Waals surface area contributed by atoms with Gasteiger partial charge in [-0.15, -0.1) is 0 Å². The standard InChI is InChI=1S/C17H23NO/c1-2-18-16(15-10-6-7-13-19-15)17(11-12-17)14-8-4-3-5-9-14/h3-5,8-10,16,18H,2,6-7,11-13H2,1H3. The molecule has 2 aliphatic rings. The van der Waals surface area contributed by atoms with Gasteiger partial charge < -0.3 is 10.1 Å². The van der Waals surface area contributed by atoms with Crippen molar-refractivity contribution in [2.24, 2.45) is 0 Å². The molecule has 19 heavy (non-hydrogen) atoms. The third-order valence-corrected chi connectivity index (χ3v) is 4.35. The maximum Gasteiger partial charge on any atom is 0.110 e. The van der Waals surface area contributed by atoms with Crippen molar-refractivity contribution in [1.82, 2.24) is 5.32 Å². The van der Waals surface area contributed by atoms with Crippen molar-refractivity contribution in [3.63, 3.8) is 0 Å². The summed E-state index contributed by atoms with van der Waals surface area (Å²) in [6.07, 6.45) is 7.12. The summed E-state index contributed by atoms with van der Waals surface area (Å²) in [4.78, 5) is 0. The van der Waals surface area contributed by atoms with E-state index < -0.39 is 0 Å². The SMILES string of the molecule is CCNC(C1=CCCCO1)C1(c2ccccc2)CC1. The molecule has 1 aliphatic carbocycles. The van der Waals surface area contributed by atoms with Crippen LogP contribution < -0.4 is 5.32 Å². The van der Waals surface area contributed by atoms with Gasteiger partial charge in [-0.3, -0.25) is 0 Å². The number of rotatable bonds is 5. The lowest BCUT2D eigenvalue weighted by molar-refractivity contribution is 0.157. The normalized spacial score (nSPS) is 22.3. The van der Waals surface area contributed by atoms with E-state index >= 15 is 0 Å². The minimum Gasteiger partial charge on any atom is -0.497 e. The predicted molar refractivity (Wildman–Crippen MR) is 78.1 cm³/mol. The first-order valence-corrected chi connectivity index (χ1v) is 7.48. The van der Waals surface area contributed by atoms with Crippen LogP contribution in [0.3, 0.4) is 0 Å². The lowest BCUT2D eigenvalue weighted by atomic mass is 9.86. The first-order chi connectivity index (χ1) is 9.37.